The van der Waals surface area contributed by atoms with E-state index >= 15 is 0 Å². The molecule has 1 N–H and O–H groups in total. The number of aryl methyl sites for hydroxylation is 1. The molecule has 7 nitrogen and oxygen atoms in total. The van der Waals surface area contributed by atoms with Gasteiger partial charge in [-0.3, -0.25) is 14.4 Å². The Morgan fingerprint density at radius 3 is 2.23 bits per heavy atom. The van der Waals surface area contributed by atoms with Gasteiger partial charge in [0.2, 0.25) is 5.43 Å². The summed E-state index contributed by atoms with van der Waals surface area (Å²) >= 11 is 5.93. The first-order valence-electron chi connectivity index (χ1n) is 9.91. The maximum absolute atomic E-state index is 12.7. The van der Waals surface area contributed by atoms with Crippen LogP contribution in [0.3, 0.4) is 0 Å². The lowest BCUT2D eigenvalue weighted by atomic mass is 10.1. The Bertz CT molecular complexity index is 1150. The van der Waals surface area contributed by atoms with E-state index in [2.05, 4.69) is 10.4 Å². The van der Waals surface area contributed by atoms with Gasteiger partial charge in [-0.1, -0.05) is 11.6 Å². The number of nitrogens with zero attached hydrogens (tertiary/aromatic N) is 3. The lowest BCUT2D eigenvalue weighted by molar-refractivity contribution is 0.0773. The van der Waals surface area contributed by atoms with Crippen LogP contribution in [-0.4, -0.2) is 39.6 Å². The maximum atomic E-state index is 12.7. The van der Waals surface area contributed by atoms with Crippen LogP contribution in [0.2, 0.25) is 5.02 Å². The van der Waals surface area contributed by atoms with Crippen LogP contribution in [0.15, 0.2) is 59.4 Å². The molecule has 160 valence electrons. The van der Waals surface area contributed by atoms with Gasteiger partial charge in [-0.05, 0) is 69.3 Å². The Hall–Kier alpha value is -3.45. The summed E-state index contributed by atoms with van der Waals surface area (Å²) in [6.07, 6.45) is 0. The highest BCUT2D eigenvalue weighted by Gasteiger charge is 2.17. The number of aromatic nitrogens is 2. The molecule has 3 rings (SSSR count). The molecule has 2 aromatic carbocycles. The average Bonchev–Trinajstić information content (AvgIpc) is 2.76. The molecular weight excluding hydrogens is 416 g/mol. The minimum Gasteiger partial charge on any atom is -0.339 e. The van der Waals surface area contributed by atoms with Gasteiger partial charge in [-0.15, -0.1) is 0 Å². The zero-order valence-corrected chi connectivity index (χ0v) is 18.3. The molecule has 8 heteroatoms. The number of carbonyl (C=O) groups excluding carboxylic acids is 2. The number of rotatable bonds is 6. The fourth-order valence-electron chi connectivity index (χ4n) is 3.13. The van der Waals surface area contributed by atoms with Gasteiger partial charge in [-0.25, -0.2) is 4.68 Å². The van der Waals surface area contributed by atoms with Gasteiger partial charge in [0.1, 0.15) is 0 Å². The number of nitrogens with one attached hydrogen (secondary N) is 1. The zero-order valence-electron chi connectivity index (χ0n) is 17.6. The predicted octanol–water partition coefficient (Wildman–Crippen LogP) is 3.93. The van der Waals surface area contributed by atoms with E-state index in [0.717, 1.165) is 0 Å². The topological polar surface area (TPSA) is 84.3 Å². The van der Waals surface area contributed by atoms with E-state index in [-0.39, 0.29) is 11.6 Å². The highest BCUT2D eigenvalue weighted by molar-refractivity contribution is 6.30. The van der Waals surface area contributed by atoms with Crippen LogP contribution in [0.1, 0.15) is 40.4 Å². The molecule has 0 aliphatic heterocycles. The lowest BCUT2D eigenvalue weighted by Crippen LogP contribution is -2.30. The van der Waals surface area contributed by atoms with Crippen molar-refractivity contribution in [2.24, 2.45) is 0 Å². The Morgan fingerprint density at radius 2 is 1.65 bits per heavy atom. The first-order chi connectivity index (χ1) is 14.8. The highest BCUT2D eigenvalue weighted by Crippen LogP contribution is 2.15. The van der Waals surface area contributed by atoms with Gasteiger partial charge in [0.15, 0.2) is 5.69 Å². The van der Waals surface area contributed by atoms with Crippen LogP contribution in [0.5, 0.6) is 0 Å². The first kappa shape index (κ1) is 22.2. The van der Waals surface area contributed by atoms with Gasteiger partial charge < -0.3 is 10.2 Å². The van der Waals surface area contributed by atoms with Crippen molar-refractivity contribution in [3.05, 3.63) is 86.8 Å². The van der Waals surface area contributed by atoms with Crippen molar-refractivity contribution in [1.82, 2.24) is 14.7 Å². The third-order valence-electron chi connectivity index (χ3n) is 4.83. The van der Waals surface area contributed by atoms with Crippen molar-refractivity contribution >= 4 is 29.1 Å². The summed E-state index contributed by atoms with van der Waals surface area (Å²) < 4.78 is 1.51. The molecule has 1 aromatic heterocycles. The fourth-order valence-corrected chi connectivity index (χ4v) is 3.25. The highest BCUT2D eigenvalue weighted by atomic mass is 35.5. The Labute approximate surface area is 185 Å². The molecule has 2 amide bonds. The molecule has 0 fully saturated rings. The first-order valence-corrected chi connectivity index (χ1v) is 10.3. The minimum absolute atomic E-state index is 0.0751. The van der Waals surface area contributed by atoms with Crippen molar-refractivity contribution in [2.75, 3.05) is 18.4 Å². The van der Waals surface area contributed by atoms with Crippen LogP contribution in [0, 0.1) is 6.92 Å². The summed E-state index contributed by atoms with van der Waals surface area (Å²) in [6, 6.07) is 14.8. The third-order valence-corrected chi connectivity index (χ3v) is 5.09. The summed E-state index contributed by atoms with van der Waals surface area (Å²) in [5.74, 6) is -0.704. The van der Waals surface area contributed by atoms with Crippen LogP contribution in [-0.2, 0) is 0 Å². The summed E-state index contributed by atoms with van der Waals surface area (Å²) in [4.78, 5) is 39.2. The molecular formula is C23H23ClN4O3. The van der Waals surface area contributed by atoms with Gasteiger partial charge in [0, 0.05) is 41.1 Å². The second-order valence-electron chi connectivity index (χ2n) is 6.90. The maximum Gasteiger partial charge on any atom is 0.280 e. The quantitative estimate of drug-likeness (QED) is 0.632. The SMILES string of the molecule is CCN(CC)C(=O)c1ccc(NC(=O)c2nn(-c3ccc(Cl)cc3)c(C)cc2=O)cc1. The van der Waals surface area contributed by atoms with E-state index in [1.54, 1.807) is 60.4 Å². The predicted molar refractivity (Wildman–Crippen MR) is 121 cm³/mol. The number of hydrogen-bond donors (Lipinski definition) is 1. The summed E-state index contributed by atoms with van der Waals surface area (Å²) in [5.41, 5.74) is 1.54. The number of halogens is 1. The van der Waals surface area contributed by atoms with Crippen LogP contribution < -0.4 is 10.7 Å². The van der Waals surface area contributed by atoms with Crippen LogP contribution >= 0.6 is 11.6 Å². The van der Waals surface area contributed by atoms with Crippen molar-refractivity contribution in [3.8, 4) is 5.69 Å². The molecule has 0 saturated heterocycles. The Balaban J connectivity index is 1.83. The van der Waals surface area contributed by atoms with E-state index in [1.807, 2.05) is 13.8 Å². The van der Waals surface area contributed by atoms with Gasteiger partial charge >= 0.3 is 0 Å². The van der Waals surface area contributed by atoms with Crippen molar-refractivity contribution in [1.29, 1.82) is 0 Å². The van der Waals surface area contributed by atoms with Crippen LogP contribution in [0.25, 0.3) is 5.69 Å². The molecule has 3 aromatic rings. The van der Waals surface area contributed by atoms with E-state index in [0.29, 0.717) is 40.7 Å². The van der Waals surface area contributed by atoms with E-state index in [9.17, 15) is 14.4 Å². The molecule has 0 bridgehead atoms. The molecule has 0 unspecified atom stereocenters. The lowest BCUT2D eigenvalue weighted by Gasteiger charge is -2.18. The monoisotopic (exact) mass is 438 g/mol. The average molecular weight is 439 g/mol. The van der Waals surface area contributed by atoms with Gasteiger partial charge in [0.25, 0.3) is 11.8 Å². The number of benzene rings is 2. The number of hydrogen-bond acceptors (Lipinski definition) is 4. The number of amides is 2. The summed E-state index contributed by atoms with van der Waals surface area (Å²) in [5, 5.41) is 7.49. The largest absolute Gasteiger partial charge is 0.339 e. The number of carbonyl (C=O) groups is 2. The summed E-state index contributed by atoms with van der Waals surface area (Å²) in [7, 11) is 0. The molecule has 0 radical (unpaired) electrons. The molecule has 0 saturated carbocycles. The smallest absolute Gasteiger partial charge is 0.280 e. The fraction of sp³-hybridized carbons (Fsp3) is 0.217. The van der Waals surface area contributed by atoms with Gasteiger partial charge in [0.05, 0.1) is 5.69 Å². The van der Waals surface area contributed by atoms with Crippen molar-refractivity contribution < 1.29 is 9.59 Å². The molecule has 31 heavy (non-hydrogen) atoms. The molecule has 0 atom stereocenters. The Kier molecular flexibility index (Phi) is 6.87. The van der Waals surface area contributed by atoms with Crippen molar-refractivity contribution in [3.63, 3.8) is 0 Å². The molecule has 1 heterocycles. The third kappa shape index (κ3) is 5.00. The number of anilines is 1. The minimum atomic E-state index is -0.629. The Morgan fingerprint density at radius 1 is 1.03 bits per heavy atom. The second kappa shape index (κ2) is 9.57. The normalized spacial score (nSPS) is 10.6. The van der Waals surface area contributed by atoms with Crippen LogP contribution in [0.4, 0.5) is 5.69 Å². The second-order valence-corrected chi connectivity index (χ2v) is 7.33. The molecule has 0 aliphatic carbocycles. The van der Waals surface area contributed by atoms with E-state index < -0.39 is 11.3 Å². The van der Waals surface area contributed by atoms with Crippen molar-refractivity contribution in [2.45, 2.75) is 20.8 Å². The molecule has 0 aliphatic rings. The zero-order chi connectivity index (χ0) is 22.5. The van der Waals surface area contributed by atoms with E-state index in [1.165, 1.54) is 10.7 Å². The standard InChI is InChI=1S/C23H23ClN4O3/c1-4-27(5-2)23(31)16-6-10-18(11-7-16)25-22(30)21-20(29)14-15(3)28(26-21)19-12-8-17(24)9-13-19/h6-14H,4-5H2,1-3H3,(H,25,30). The van der Waals surface area contributed by atoms with E-state index in [4.69, 9.17) is 11.6 Å². The summed E-state index contributed by atoms with van der Waals surface area (Å²) in [6.45, 7) is 6.80. The molecule has 0 spiro atoms. The van der Waals surface area contributed by atoms with Gasteiger partial charge in [-0.2, -0.15) is 5.10 Å².